The topological polar surface area (TPSA) is 121 Å². The Morgan fingerprint density at radius 2 is 1.63 bits per heavy atom. The molecule has 0 aromatic carbocycles. The van der Waals surface area contributed by atoms with Gasteiger partial charge in [-0.2, -0.15) is 8.42 Å². The van der Waals surface area contributed by atoms with Crippen molar-refractivity contribution in [3.05, 3.63) is 12.2 Å². The summed E-state index contributed by atoms with van der Waals surface area (Å²) in [5, 5.41) is 11.1. The molecule has 0 aromatic rings. The minimum atomic E-state index is -3.67. The van der Waals surface area contributed by atoms with Crippen LogP contribution in [0.2, 0.25) is 0 Å². The quantitative estimate of drug-likeness (QED) is 0.517. The molecule has 0 aliphatic heterocycles. The molecule has 0 spiro atoms. The van der Waals surface area contributed by atoms with Crippen molar-refractivity contribution in [1.29, 1.82) is 0 Å². The Kier molecular flexibility index (Phi) is 8.01. The molecular formula is C11H19NO6S. The summed E-state index contributed by atoms with van der Waals surface area (Å²) in [5.74, 6) is -1.40. The average molecular weight is 293 g/mol. The highest BCUT2D eigenvalue weighted by molar-refractivity contribution is 7.85. The van der Waals surface area contributed by atoms with E-state index in [0.717, 1.165) is 37.8 Å². The van der Waals surface area contributed by atoms with Gasteiger partial charge in [-0.1, -0.05) is 19.3 Å². The fourth-order valence-electron chi connectivity index (χ4n) is 1.64. The van der Waals surface area contributed by atoms with E-state index >= 15 is 0 Å². The molecule has 1 fully saturated rings. The van der Waals surface area contributed by atoms with Gasteiger partial charge in [-0.05, 0) is 12.8 Å². The molecule has 1 amide bonds. The Hall–Kier alpha value is -1.41. The Balaban J connectivity index is 0.000000555. The second-order valence-electron chi connectivity index (χ2n) is 4.25. The zero-order valence-corrected chi connectivity index (χ0v) is 11.5. The lowest BCUT2D eigenvalue weighted by molar-refractivity contribution is -0.131. The van der Waals surface area contributed by atoms with Crippen LogP contribution in [0.3, 0.4) is 0 Å². The maximum atomic E-state index is 11.2. The smallest absolute Gasteiger partial charge is 0.328 e. The Bertz CT molecular complexity index is 414. The molecule has 0 atom stereocenters. The van der Waals surface area contributed by atoms with Crippen molar-refractivity contribution < 1.29 is 27.7 Å². The van der Waals surface area contributed by atoms with E-state index in [1.807, 2.05) is 0 Å². The van der Waals surface area contributed by atoms with Gasteiger partial charge in [0.05, 0.1) is 6.26 Å². The number of carboxylic acids is 1. The van der Waals surface area contributed by atoms with Crippen LogP contribution in [-0.4, -0.2) is 42.3 Å². The van der Waals surface area contributed by atoms with Crippen molar-refractivity contribution in [1.82, 2.24) is 5.32 Å². The third-order valence-corrected chi connectivity index (χ3v) is 2.33. The standard InChI is InChI=1S/C10H15NO3.CH4O3S/c12-9(6-7-10(13)14)11-8-4-2-1-3-5-8;1-5(2,3)4/h6-8H,1-5H2,(H,11,12)(H,13,14);1H3,(H,2,3,4)/b7-6-;. The fourth-order valence-corrected chi connectivity index (χ4v) is 1.64. The van der Waals surface area contributed by atoms with Crippen LogP contribution in [0, 0.1) is 0 Å². The van der Waals surface area contributed by atoms with Gasteiger partial charge in [0.25, 0.3) is 10.1 Å². The molecule has 1 rings (SSSR count). The minimum absolute atomic E-state index is 0.231. The maximum Gasteiger partial charge on any atom is 0.328 e. The highest BCUT2D eigenvalue weighted by Crippen LogP contribution is 2.17. The van der Waals surface area contributed by atoms with Gasteiger partial charge in [-0.25, -0.2) is 4.79 Å². The number of carbonyl (C=O) groups excluding carboxylic acids is 1. The molecular weight excluding hydrogens is 274 g/mol. The number of amides is 1. The number of carbonyl (C=O) groups is 2. The predicted molar refractivity (Wildman–Crippen MR) is 69.3 cm³/mol. The number of hydrogen-bond donors (Lipinski definition) is 3. The summed E-state index contributed by atoms with van der Waals surface area (Å²) in [6.45, 7) is 0. The first-order valence-corrected chi connectivity index (χ1v) is 7.67. The molecule has 8 heteroatoms. The van der Waals surface area contributed by atoms with Gasteiger partial charge in [0.1, 0.15) is 0 Å². The second-order valence-corrected chi connectivity index (χ2v) is 5.71. The normalized spacial score (nSPS) is 16.5. The predicted octanol–water partition coefficient (Wildman–Crippen LogP) is 0.580. The number of hydrogen-bond acceptors (Lipinski definition) is 4. The lowest BCUT2D eigenvalue weighted by Crippen LogP contribution is -2.35. The van der Waals surface area contributed by atoms with Gasteiger partial charge in [-0.3, -0.25) is 9.35 Å². The molecule has 110 valence electrons. The van der Waals surface area contributed by atoms with Gasteiger partial charge in [0, 0.05) is 18.2 Å². The maximum absolute atomic E-state index is 11.2. The third kappa shape index (κ3) is 14.5. The summed E-state index contributed by atoms with van der Waals surface area (Å²) in [7, 11) is -3.67. The molecule has 1 aliphatic carbocycles. The molecule has 0 saturated heterocycles. The highest BCUT2D eigenvalue weighted by Gasteiger charge is 2.14. The first-order chi connectivity index (χ1) is 8.68. The molecule has 7 nitrogen and oxygen atoms in total. The zero-order valence-electron chi connectivity index (χ0n) is 10.7. The van der Waals surface area contributed by atoms with Crippen LogP contribution < -0.4 is 5.32 Å². The second kappa shape index (κ2) is 8.65. The van der Waals surface area contributed by atoms with Gasteiger partial charge in [-0.15, -0.1) is 0 Å². The van der Waals surface area contributed by atoms with E-state index in [2.05, 4.69) is 5.32 Å². The van der Waals surface area contributed by atoms with E-state index in [1.165, 1.54) is 6.42 Å². The summed E-state index contributed by atoms with van der Waals surface area (Å²) in [5.41, 5.74) is 0. The van der Waals surface area contributed by atoms with Gasteiger partial charge in [0.15, 0.2) is 0 Å². The number of aliphatic carboxylic acids is 1. The van der Waals surface area contributed by atoms with Crippen molar-refractivity contribution >= 4 is 22.0 Å². The van der Waals surface area contributed by atoms with Crippen LogP contribution in [0.15, 0.2) is 12.2 Å². The first kappa shape index (κ1) is 17.6. The third-order valence-electron chi connectivity index (χ3n) is 2.33. The lowest BCUT2D eigenvalue weighted by Gasteiger charge is -2.21. The molecule has 1 aliphatic rings. The molecule has 3 N–H and O–H groups in total. The van der Waals surface area contributed by atoms with E-state index in [0.29, 0.717) is 6.26 Å². The van der Waals surface area contributed by atoms with Crippen molar-refractivity contribution in [2.75, 3.05) is 6.26 Å². The van der Waals surface area contributed by atoms with E-state index in [-0.39, 0.29) is 11.9 Å². The summed E-state index contributed by atoms with van der Waals surface area (Å²) >= 11 is 0. The van der Waals surface area contributed by atoms with E-state index < -0.39 is 16.1 Å². The minimum Gasteiger partial charge on any atom is -0.478 e. The first-order valence-electron chi connectivity index (χ1n) is 5.82. The van der Waals surface area contributed by atoms with Crippen LogP contribution in [-0.2, 0) is 19.7 Å². The SMILES string of the molecule is CS(=O)(=O)O.O=C(O)/C=C\C(=O)NC1CCCCC1. The molecule has 0 heterocycles. The number of carboxylic acid groups (broad SMARTS) is 1. The van der Waals surface area contributed by atoms with Crippen LogP contribution in [0.5, 0.6) is 0 Å². The Morgan fingerprint density at radius 3 is 2.05 bits per heavy atom. The number of nitrogens with one attached hydrogen (secondary N) is 1. The van der Waals surface area contributed by atoms with Crippen LogP contribution in [0.1, 0.15) is 32.1 Å². The molecule has 0 radical (unpaired) electrons. The highest BCUT2D eigenvalue weighted by atomic mass is 32.2. The molecule has 1 saturated carbocycles. The zero-order chi connectivity index (χ0) is 14.9. The van der Waals surface area contributed by atoms with Crippen LogP contribution in [0.25, 0.3) is 0 Å². The monoisotopic (exact) mass is 293 g/mol. The van der Waals surface area contributed by atoms with Crippen LogP contribution >= 0.6 is 0 Å². The summed E-state index contributed by atoms with van der Waals surface area (Å²) < 4.78 is 25.9. The van der Waals surface area contributed by atoms with E-state index in [1.54, 1.807) is 0 Å². The Labute approximate surface area is 112 Å². The van der Waals surface area contributed by atoms with Gasteiger partial charge in [0.2, 0.25) is 5.91 Å². The van der Waals surface area contributed by atoms with Crippen molar-refractivity contribution in [2.45, 2.75) is 38.1 Å². The number of rotatable bonds is 3. The molecule has 0 aromatic heterocycles. The summed E-state index contributed by atoms with van der Waals surface area (Å²) in [6.07, 6.45) is 8.18. The Morgan fingerprint density at radius 1 is 1.16 bits per heavy atom. The lowest BCUT2D eigenvalue weighted by atomic mass is 9.95. The van der Waals surface area contributed by atoms with E-state index in [9.17, 15) is 18.0 Å². The van der Waals surface area contributed by atoms with Gasteiger partial charge >= 0.3 is 5.97 Å². The van der Waals surface area contributed by atoms with Gasteiger partial charge < -0.3 is 10.4 Å². The fraction of sp³-hybridized carbons (Fsp3) is 0.636. The van der Waals surface area contributed by atoms with Crippen molar-refractivity contribution in [2.24, 2.45) is 0 Å². The van der Waals surface area contributed by atoms with Crippen LogP contribution in [0.4, 0.5) is 0 Å². The van der Waals surface area contributed by atoms with Crippen molar-refractivity contribution in [3.8, 4) is 0 Å². The molecule has 19 heavy (non-hydrogen) atoms. The average Bonchev–Trinajstić information content (AvgIpc) is 2.25. The summed E-state index contributed by atoms with van der Waals surface area (Å²) in [4.78, 5) is 21.3. The van der Waals surface area contributed by atoms with E-state index in [4.69, 9.17) is 9.66 Å². The molecule has 0 bridgehead atoms. The molecule has 0 unspecified atom stereocenters. The van der Waals surface area contributed by atoms with Crippen molar-refractivity contribution in [3.63, 3.8) is 0 Å². The summed E-state index contributed by atoms with van der Waals surface area (Å²) in [6, 6.07) is 0.231. The largest absolute Gasteiger partial charge is 0.478 e.